The summed E-state index contributed by atoms with van der Waals surface area (Å²) in [4.78, 5) is 24.4. The van der Waals surface area contributed by atoms with E-state index in [-0.39, 0.29) is 30.1 Å². The minimum Gasteiger partial charge on any atom is -0.349 e. The van der Waals surface area contributed by atoms with Gasteiger partial charge in [-0.15, -0.1) is 0 Å². The number of nitrogens with two attached hydrogens (primary N) is 1. The van der Waals surface area contributed by atoms with Crippen LogP contribution in [0.2, 0.25) is 0 Å². The number of hydrogen-bond donors (Lipinski definition) is 2. The van der Waals surface area contributed by atoms with Crippen molar-refractivity contribution in [3.8, 4) is 0 Å². The van der Waals surface area contributed by atoms with Gasteiger partial charge < -0.3 is 11.1 Å². The first-order valence-electron chi connectivity index (χ1n) is 9.11. The standard InChI is InChI=1S/C20H30N2O2/c1-3-4-5-15-6-8-16(9-7-15)18(23)12-13-19(24)22-20(2,14-21)17-10-11-17/h6-9,17H,3-5,10-14,21H2,1-2H3,(H,22,24). The molecule has 1 fully saturated rings. The van der Waals surface area contributed by atoms with Crippen LogP contribution in [0.25, 0.3) is 0 Å². The molecule has 1 aliphatic rings. The van der Waals surface area contributed by atoms with Gasteiger partial charge in [-0.2, -0.15) is 0 Å². The van der Waals surface area contributed by atoms with E-state index < -0.39 is 0 Å². The highest BCUT2D eigenvalue weighted by Gasteiger charge is 2.41. The molecule has 1 saturated carbocycles. The lowest BCUT2D eigenvalue weighted by Gasteiger charge is -2.29. The molecule has 1 atom stereocenters. The van der Waals surface area contributed by atoms with Gasteiger partial charge in [-0.25, -0.2) is 0 Å². The van der Waals surface area contributed by atoms with E-state index in [0.29, 0.717) is 18.0 Å². The van der Waals surface area contributed by atoms with E-state index in [2.05, 4.69) is 12.2 Å². The first kappa shape index (κ1) is 18.7. The summed E-state index contributed by atoms with van der Waals surface area (Å²) in [6.45, 7) is 4.61. The molecule has 4 nitrogen and oxygen atoms in total. The van der Waals surface area contributed by atoms with Crippen LogP contribution in [0.4, 0.5) is 0 Å². The molecule has 0 bridgehead atoms. The Morgan fingerprint density at radius 2 is 1.88 bits per heavy atom. The van der Waals surface area contributed by atoms with Crippen LogP contribution in [0.3, 0.4) is 0 Å². The summed E-state index contributed by atoms with van der Waals surface area (Å²) in [6, 6.07) is 7.78. The Morgan fingerprint density at radius 3 is 2.42 bits per heavy atom. The Hall–Kier alpha value is -1.68. The lowest BCUT2D eigenvalue weighted by Crippen LogP contribution is -2.53. The van der Waals surface area contributed by atoms with Gasteiger partial charge in [0.2, 0.25) is 5.91 Å². The van der Waals surface area contributed by atoms with E-state index in [9.17, 15) is 9.59 Å². The van der Waals surface area contributed by atoms with E-state index in [1.165, 1.54) is 12.0 Å². The number of aryl methyl sites for hydroxylation is 1. The maximum Gasteiger partial charge on any atom is 0.220 e. The van der Waals surface area contributed by atoms with Crippen LogP contribution in [0.1, 0.15) is 68.3 Å². The van der Waals surface area contributed by atoms with Crippen LogP contribution in [-0.2, 0) is 11.2 Å². The molecule has 0 spiro atoms. The maximum absolute atomic E-state index is 12.3. The predicted octanol–water partition coefficient (Wildman–Crippen LogP) is 3.24. The molecule has 2 rings (SSSR count). The zero-order chi connectivity index (χ0) is 17.6. The monoisotopic (exact) mass is 330 g/mol. The number of carbonyl (C=O) groups excluding carboxylic acids is 2. The number of unbranched alkanes of at least 4 members (excludes halogenated alkanes) is 1. The van der Waals surface area contributed by atoms with Crippen molar-refractivity contribution in [2.45, 2.75) is 64.3 Å². The number of nitrogens with one attached hydrogen (secondary N) is 1. The second-order valence-corrected chi connectivity index (χ2v) is 7.17. The Morgan fingerprint density at radius 1 is 1.21 bits per heavy atom. The molecule has 1 aliphatic carbocycles. The fourth-order valence-corrected chi connectivity index (χ4v) is 3.03. The van der Waals surface area contributed by atoms with Crippen LogP contribution in [-0.4, -0.2) is 23.8 Å². The van der Waals surface area contributed by atoms with Gasteiger partial charge in [0, 0.05) is 24.9 Å². The van der Waals surface area contributed by atoms with Crippen molar-refractivity contribution in [2.24, 2.45) is 11.7 Å². The van der Waals surface area contributed by atoms with Gasteiger partial charge in [-0.1, -0.05) is 37.6 Å². The highest BCUT2D eigenvalue weighted by molar-refractivity contribution is 5.98. The fourth-order valence-electron chi connectivity index (χ4n) is 3.03. The molecule has 132 valence electrons. The van der Waals surface area contributed by atoms with E-state index in [0.717, 1.165) is 25.7 Å². The Bertz CT molecular complexity index is 564. The van der Waals surface area contributed by atoms with Gasteiger partial charge in [0.05, 0.1) is 5.54 Å². The highest BCUT2D eigenvalue weighted by atomic mass is 16.2. The van der Waals surface area contributed by atoms with E-state index in [1.807, 2.05) is 31.2 Å². The lowest BCUT2D eigenvalue weighted by molar-refractivity contribution is -0.123. The van der Waals surface area contributed by atoms with E-state index >= 15 is 0 Å². The fraction of sp³-hybridized carbons (Fsp3) is 0.600. The Kier molecular flexibility index (Phi) is 6.55. The molecule has 3 N–H and O–H groups in total. The summed E-state index contributed by atoms with van der Waals surface area (Å²) in [5, 5.41) is 3.03. The van der Waals surface area contributed by atoms with Gasteiger partial charge in [-0.05, 0) is 44.1 Å². The minimum atomic E-state index is -0.318. The second kappa shape index (κ2) is 8.43. The molecule has 4 heteroatoms. The molecule has 1 aromatic rings. The summed E-state index contributed by atoms with van der Waals surface area (Å²) in [7, 11) is 0. The molecule has 1 unspecified atom stereocenters. The average Bonchev–Trinajstić information content (AvgIpc) is 3.43. The lowest BCUT2D eigenvalue weighted by atomic mass is 9.95. The Labute approximate surface area is 145 Å². The van der Waals surface area contributed by atoms with Crippen molar-refractivity contribution < 1.29 is 9.59 Å². The first-order chi connectivity index (χ1) is 11.5. The number of ketones is 1. The molecule has 0 saturated heterocycles. The number of rotatable bonds is 10. The summed E-state index contributed by atoms with van der Waals surface area (Å²) in [5.41, 5.74) is 7.44. The quantitative estimate of drug-likeness (QED) is 0.647. The van der Waals surface area contributed by atoms with Crippen LogP contribution in [0.15, 0.2) is 24.3 Å². The largest absolute Gasteiger partial charge is 0.349 e. The molecule has 1 aromatic carbocycles. The second-order valence-electron chi connectivity index (χ2n) is 7.17. The van der Waals surface area contributed by atoms with Crippen molar-refractivity contribution in [1.82, 2.24) is 5.32 Å². The third-order valence-electron chi connectivity index (χ3n) is 5.00. The number of hydrogen-bond acceptors (Lipinski definition) is 3. The van der Waals surface area contributed by atoms with Crippen molar-refractivity contribution in [1.29, 1.82) is 0 Å². The third-order valence-corrected chi connectivity index (χ3v) is 5.00. The number of benzene rings is 1. The van der Waals surface area contributed by atoms with Gasteiger partial charge in [0.1, 0.15) is 0 Å². The SMILES string of the molecule is CCCCc1ccc(C(=O)CCC(=O)NC(C)(CN)C2CC2)cc1. The minimum absolute atomic E-state index is 0.0214. The van der Waals surface area contributed by atoms with Crippen molar-refractivity contribution in [2.75, 3.05) is 6.54 Å². The molecule has 1 amide bonds. The summed E-state index contributed by atoms with van der Waals surface area (Å²) in [6.07, 6.45) is 6.08. The van der Waals surface area contributed by atoms with E-state index in [1.54, 1.807) is 0 Å². The molecular formula is C20H30N2O2. The van der Waals surface area contributed by atoms with Gasteiger partial charge in [0.15, 0.2) is 5.78 Å². The van der Waals surface area contributed by atoms with Gasteiger partial charge in [0.25, 0.3) is 0 Å². The summed E-state index contributed by atoms with van der Waals surface area (Å²) >= 11 is 0. The average molecular weight is 330 g/mol. The number of carbonyl (C=O) groups is 2. The molecule has 0 heterocycles. The molecule has 0 radical (unpaired) electrons. The van der Waals surface area contributed by atoms with Crippen molar-refractivity contribution in [3.05, 3.63) is 35.4 Å². The molecular weight excluding hydrogens is 300 g/mol. The van der Waals surface area contributed by atoms with Crippen molar-refractivity contribution >= 4 is 11.7 Å². The number of amides is 1. The van der Waals surface area contributed by atoms with E-state index in [4.69, 9.17) is 5.73 Å². The van der Waals surface area contributed by atoms with Crippen LogP contribution in [0.5, 0.6) is 0 Å². The predicted molar refractivity (Wildman–Crippen MR) is 96.9 cm³/mol. The van der Waals surface area contributed by atoms with Gasteiger partial charge in [-0.3, -0.25) is 9.59 Å². The highest BCUT2D eigenvalue weighted by Crippen LogP contribution is 2.39. The molecule has 0 aliphatic heterocycles. The topological polar surface area (TPSA) is 72.2 Å². The maximum atomic E-state index is 12.3. The molecule has 24 heavy (non-hydrogen) atoms. The van der Waals surface area contributed by atoms with Gasteiger partial charge >= 0.3 is 0 Å². The summed E-state index contributed by atoms with van der Waals surface area (Å²) in [5.74, 6) is 0.425. The normalized spacial score (nSPS) is 16.5. The smallest absolute Gasteiger partial charge is 0.220 e. The van der Waals surface area contributed by atoms with Crippen LogP contribution in [0, 0.1) is 5.92 Å². The third kappa shape index (κ3) is 5.17. The summed E-state index contributed by atoms with van der Waals surface area (Å²) < 4.78 is 0. The first-order valence-corrected chi connectivity index (χ1v) is 9.11. The van der Waals surface area contributed by atoms with Crippen LogP contribution >= 0.6 is 0 Å². The van der Waals surface area contributed by atoms with Crippen LogP contribution < -0.4 is 11.1 Å². The Balaban J connectivity index is 1.80. The van der Waals surface area contributed by atoms with Crippen molar-refractivity contribution in [3.63, 3.8) is 0 Å². The zero-order valence-corrected chi connectivity index (χ0v) is 14.9. The molecule has 0 aromatic heterocycles. The number of Topliss-reactive ketones (excluding diaryl/α,β-unsaturated/α-hetero) is 1. The zero-order valence-electron chi connectivity index (χ0n) is 14.9.